The molecule has 30 heavy (non-hydrogen) atoms. The zero-order valence-electron chi connectivity index (χ0n) is 16.9. The van der Waals surface area contributed by atoms with Crippen molar-refractivity contribution in [3.63, 3.8) is 0 Å². The maximum absolute atomic E-state index is 6.30. The fraction of sp³-hybridized carbons (Fsp3) is 0.350. The highest BCUT2D eigenvalue weighted by Gasteiger charge is 2.18. The van der Waals surface area contributed by atoms with Crippen LogP contribution >= 0.6 is 23.8 Å². The third-order valence-corrected chi connectivity index (χ3v) is 5.62. The second kappa shape index (κ2) is 9.03. The molecule has 0 bridgehead atoms. The number of nitrogens with one attached hydrogen (secondary N) is 2. The summed E-state index contributed by atoms with van der Waals surface area (Å²) in [7, 11) is 2.12. The van der Waals surface area contributed by atoms with E-state index in [-0.39, 0.29) is 0 Å². The van der Waals surface area contributed by atoms with Crippen LogP contribution in [0.1, 0.15) is 12.7 Å². The fourth-order valence-electron chi connectivity index (χ4n) is 3.21. The number of hydrogen-bond donors (Lipinski definition) is 2. The van der Waals surface area contributed by atoms with Crippen molar-refractivity contribution in [2.75, 3.05) is 43.4 Å². The van der Waals surface area contributed by atoms with Crippen LogP contribution in [0.3, 0.4) is 0 Å². The first-order valence-electron chi connectivity index (χ1n) is 9.83. The molecule has 8 nitrogen and oxygen atoms in total. The van der Waals surface area contributed by atoms with Gasteiger partial charge in [0.15, 0.2) is 0 Å². The molecule has 1 aliphatic rings. The number of likely N-dealkylation sites (N-methyl/N-ethyl adjacent to an activating group) is 1. The Morgan fingerprint density at radius 3 is 2.57 bits per heavy atom. The minimum Gasteiger partial charge on any atom is -0.338 e. The molecule has 4 rings (SSSR count). The lowest BCUT2D eigenvalue weighted by Gasteiger charge is -2.32. The minimum absolute atomic E-state index is 0.444. The molecular formula is C20H23ClN8S. The normalized spacial score (nSPS) is 14.7. The molecule has 3 heterocycles. The number of halogens is 1. The van der Waals surface area contributed by atoms with E-state index in [4.69, 9.17) is 23.8 Å². The second-order valence-corrected chi connectivity index (χ2v) is 7.91. The molecule has 0 unspecified atom stereocenters. The summed E-state index contributed by atoms with van der Waals surface area (Å²) in [6.45, 7) is 5.76. The third kappa shape index (κ3) is 4.58. The molecule has 3 aromatic rings. The van der Waals surface area contributed by atoms with E-state index in [1.165, 1.54) is 0 Å². The van der Waals surface area contributed by atoms with Crippen molar-refractivity contribution in [2.45, 2.75) is 13.3 Å². The summed E-state index contributed by atoms with van der Waals surface area (Å²) in [6, 6.07) is 7.54. The summed E-state index contributed by atoms with van der Waals surface area (Å²) < 4.78 is 0.532. The van der Waals surface area contributed by atoms with Gasteiger partial charge in [-0.15, -0.1) is 0 Å². The molecule has 0 atom stereocenters. The predicted molar refractivity (Wildman–Crippen MR) is 122 cm³/mol. The highest BCUT2D eigenvalue weighted by atomic mass is 35.5. The first-order chi connectivity index (χ1) is 14.5. The molecule has 1 saturated heterocycles. The number of piperazine rings is 1. The number of aryl methyl sites for hydroxylation is 1. The topological polar surface area (TPSA) is 85.9 Å². The van der Waals surface area contributed by atoms with E-state index in [1.54, 1.807) is 6.20 Å². The molecule has 1 aromatic carbocycles. The molecule has 0 radical (unpaired) electrons. The van der Waals surface area contributed by atoms with Gasteiger partial charge in [-0.1, -0.05) is 48.9 Å². The monoisotopic (exact) mass is 442 g/mol. The Morgan fingerprint density at radius 2 is 1.87 bits per heavy atom. The van der Waals surface area contributed by atoms with E-state index in [1.807, 2.05) is 31.2 Å². The van der Waals surface area contributed by atoms with Crippen LogP contribution in [0.4, 0.5) is 17.8 Å². The van der Waals surface area contributed by atoms with Crippen molar-refractivity contribution in [2.24, 2.45) is 0 Å². The van der Waals surface area contributed by atoms with Crippen molar-refractivity contribution < 1.29 is 0 Å². The van der Waals surface area contributed by atoms with E-state index < -0.39 is 0 Å². The van der Waals surface area contributed by atoms with Crippen LogP contribution in [0.25, 0.3) is 11.1 Å². The lowest BCUT2D eigenvalue weighted by molar-refractivity contribution is 0.311. The second-order valence-electron chi connectivity index (χ2n) is 7.10. The standard InChI is InChI=1S/C20H23ClN8S/c1-3-16-23-19(27-20(24-16)29-10-8-28(2)9-11-29)26-18-22-12-14(17(30)25-18)13-6-4-5-7-15(13)21/h4-7,12H,3,8-11H2,1-2H3,(H2,22,23,24,25,26,27,30). The smallest absolute Gasteiger partial charge is 0.234 e. The average Bonchev–Trinajstić information content (AvgIpc) is 2.75. The van der Waals surface area contributed by atoms with E-state index >= 15 is 0 Å². The van der Waals surface area contributed by atoms with Gasteiger partial charge >= 0.3 is 0 Å². The number of nitrogens with zero attached hydrogens (tertiary/aromatic N) is 6. The van der Waals surface area contributed by atoms with Crippen LogP contribution in [0.15, 0.2) is 30.5 Å². The molecule has 10 heteroatoms. The lowest BCUT2D eigenvalue weighted by Crippen LogP contribution is -2.45. The summed E-state index contributed by atoms with van der Waals surface area (Å²) in [5, 5.41) is 3.76. The van der Waals surface area contributed by atoms with Gasteiger partial charge in [-0.3, -0.25) is 5.32 Å². The van der Waals surface area contributed by atoms with Crippen LogP contribution in [0, 0.1) is 4.64 Å². The van der Waals surface area contributed by atoms with Gasteiger partial charge in [-0.2, -0.15) is 15.0 Å². The summed E-state index contributed by atoms with van der Waals surface area (Å²) >= 11 is 11.8. The Balaban J connectivity index is 1.59. The van der Waals surface area contributed by atoms with Crippen molar-refractivity contribution in [1.29, 1.82) is 0 Å². The zero-order chi connectivity index (χ0) is 21.1. The van der Waals surface area contributed by atoms with Crippen molar-refractivity contribution in [3.05, 3.63) is 45.9 Å². The van der Waals surface area contributed by atoms with Crippen LogP contribution in [-0.2, 0) is 6.42 Å². The van der Waals surface area contributed by atoms with Crippen molar-refractivity contribution in [1.82, 2.24) is 29.8 Å². The number of aromatic amines is 1. The molecule has 2 N–H and O–H groups in total. The summed E-state index contributed by atoms with van der Waals surface area (Å²) in [5.41, 5.74) is 1.61. The maximum Gasteiger partial charge on any atom is 0.234 e. The molecular weight excluding hydrogens is 420 g/mol. The zero-order valence-corrected chi connectivity index (χ0v) is 18.5. The maximum atomic E-state index is 6.30. The predicted octanol–water partition coefficient (Wildman–Crippen LogP) is 3.70. The Kier molecular flexibility index (Phi) is 6.21. The molecule has 156 valence electrons. The number of rotatable bonds is 5. The van der Waals surface area contributed by atoms with E-state index in [9.17, 15) is 0 Å². The highest BCUT2D eigenvalue weighted by Crippen LogP contribution is 2.28. The molecule has 0 amide bonds. The van der Waals surface area contributed by atoms with Crippen LogP contribution in [0.2, 0.25) is 5.02 Å². The minimum atomic E-state index is 0.444. The van der Waals surface area contributed by atoms with Gasteiger partial charge in [0.2, 0.25) is 17.8 Å². The molecule has 1 aliphatic heterocycles. The van der Waals surface area contributed by atoms with Gasteiger partial charge in [0.25, 0.3) is 0 Å². The van der Waals surface area contributed by atoms with E-state index in [0.717, 1.165) is 43.1 Å². The number of H-pyrrole nitrogens is 1. The Morgan fingerprint density at radius 1 is 1.10 bits per heavy atom. The van der Waals surface area contributed by atoms with Gasteiger partial charge in [0.05, 0.1) is 0 Å². The molecule has 0 aliphatic carbocycles. The Labute approximate surface area is 185 Å². The number of benzene rings is 1. The Bertz CT molecular complexity index is 1090. The summed E-state index contributed by atoms with van der Waals surface area (Å²) in [4.78, 5) is 25.7. The van der Waals surface area contributed by atoms with Gasteiger partial charge in [-0.25, -0.2) is 4.98 Å². The van der Waals surface area contributed by atoms with Gasteiger partial charge in [0, 0.05) is 54.9 Å². The van der Waals surface area contributed by atoms with Crippen molar-refractivity contribution in [3.8, 4) is 11.1 Å². The molecule has 1 fully saturated rings. The summed E-state index contributed by atoms with van der Waals surface area (Å²) in [5.74, 6) is 2.32. The van der Waals surface area contributed by atoms with Gasteiger partial charge in [0.1, 0.15) is 10.5 Å². The lowest BCUT2D eigenvalue weighted by atomic mass is 10.1. The highest BCUT2D eigenvalue weighted by molar-refractivity contribution is 7.71. The molecule has 0 saturated carbocycles. The number of anilines is 3. The van der Waals surface area contributed by atoms with Gasteiger partial charge < -0.3 is 14.8 Å². The quantitative estimate of drug-likeness (QED) is 0.578. The fourth-order valence-corrected chi connectivity index (χ4v) is 3.70. The first kappa shape index (κ1) is 20.6. The Hall–Kier alpha value is -2.62. The molecule has 2 aromatic heterocycles. The van der Waals surface area contributed by atoms with E-state index in [2.05, 4.69) is 47.1 Å². The SMILES string of the molecule is CCc1nc(Nc2ncc(-c3ccccc3Cl)c(=S)[nH]2)nc(N2CCN(C)CC2)n1. The van der Waals surface area contributed by atoms with E-state index in [0.29, 0.717) is 33.9 Å². The third-order valence-electron chi connectivity index (χ3n) is 4.97. The summed E-state index contributed by atoms with van der Waals surface area (Å²) in [6.07, 6.45) is 2.42. The largest absolute Gasteiger partial charge is 0.338 e. The van der Waals surface area contributed by atoms with Crippen LogP contribution in [-0.4, -0.2) is 63.0 Å². The molecule has 0 spiro atoms. The van der Waals surface area contributed by atoms with Crippen LogP contribution < -0.4 is 10.2 Å². The van der Waals surface area contributed by atoms with Crippen molar-refractivity contribution >= 4 is 41.7 Å². The number of hydrogen-bond acceptors (Lipinski definition) is 8. The average molecular weight is 443 g/mol. The first-order valence-corrected chi connectivity index (χ1v) is 10.6. The van der Waals surface area contributed by atoms with Gasteiger partial charge in [-0.05, 0) is 13.1 Å². The van der Waals surface area contributed by atoms with Crippen LogP contribution in [0.5, 0.6) is 0 Å². The number of aromatic nitrogens is 5.